The molecular weight excluding hydrogens is 630 g/mol. The van der Waals surface area contributed by atoms with Gasteiger partial charge in [-0.25, -0.2) is 14.6 Å². The molecule has 1 aliphatic heterocycles. The number of esters is 2. The van der Waals surface area contributed by atoms with E-state index in [1.54, 1.807) is 44.9 Å². The van der Waals surface area contributed by atoms with Gasteiger partial charge in [-0.3, -0.25) is 14.5 Å². The van der Waals surface area contributed by atoms with Gasteiger partial charge in [0.05, 0.1) is 42.3 Å². The molecule has 0 bridgehead atoms. The van der Waals surface area contributed by atoms with E-state index in [2.05, 4.69) is 36.7 Å². The van der Waals surface area contributed by atoms with Gasteiger partial charge in [0.1, 0.15) is 17.1 Å². The smallest absolute Gasteiger partial charge is 0.337 e. The average molecular weight is 668 g/mol. The molecule has 3 aromatic heterocycles. The number of carbonyl (C=O) groups is 2. The zero-order valence-electron chi connectivity index (χ0n) is 28.4. The van der Waals surface area contributed by atoms with Crippen LogP contribution in [0.1, 0.15) is 42.8 Å². The molecule has 50 heavy (non-hydrogen) atoms. The van der Waals surface area contributed by atoms with Gasteiger partial charge in [0.25, 0.3) is 0 Å². The zero-order valence-corrected chi connectivity index (χ0v) is 28.4. The van der Waals surface area contributed by atoms with E-state index in [0.717, 1.165) is 39.4 Å². The number of aromatic nitrogens is 4. The maximum Gasteiger partial charge on any atom is 0.337 e. The Morgan fingerprint density at radius 1 is 0.900 bits per heavy atom. The van der Waals surface area contributed by atoms with Gasteiger partial charge in [0.2, 0.25) is 0 Å². The Morgan fingerprint density at radius 2 is 1.68 bits per heavy atom. The van der Waals surface area contributed by atoms with Crippen molar-refractivity contribution < 1.29 is 23.8 Å². The molecule has 0 fully saturated rings. The minimum absolute atomic E-state index is 0.130. The Bertz CT molecular complexity index is 2160. The topological polar surface area (TPSA) is 117 Å². The van der Waals surface area contributed by atoms with Crippen molar-refractivity contribution in [2.24, 2.45) is 5.92 Å². The third kappa shape index (κ3) is 7.12. The van der Waals surface area contributed by atoms with Gasteiger partial charge < -0.3 is 19.5 Å². The van der Waals surface area contributed by atoms with E-state index >= 15 is 0 Å². The number of hydrogen-bond acceptors (Lipinski definition) is 9. The number of methoxy groups -OCH3 is 1. The van der Waals surface area contributed by atoms with E-state index in [-0.39, 0.29) is 13.2 Å². The number of pyridine rings is 2. The Balaban J connectivity index is 1.38. The molecule has 4 heterocycles. The molecular formula is C40H37N5O5. The van der Waals surface area contributed by atoms with Gasteiger partial charge in [-0.2, -0.15) is 0 Å². The molecule has 0 radical (unpaired) electrons. The van der Waals surface area contributed by atoms with Crippen molar-refractivity contribution in [1.82, 2.24) is 24.8 Å². The lowest BCUT2D eigenvalue weighted by Gasteiger charge is -2.31. The summed E-state index contributed by atoms with van der Waals surface area (Å²) in [6, 6.07) is 21.1. The Hall–Kier alpha value is -6.21. The molecule has 252 valence electrons. The number of nitrogens with zero attached hydrogens (tertiary/aromatic N) is 4. The first-order valence-electron chi connectivity index (χ1n) is 16.4. The average Bonchev–Trinajstić information content (AvgIpc) is 3.48. The number of allylic oxidation sites excluding steroid dienone is 1. The van der Waals surface area contributed by atoms with E-state index in [9.17, 15) is 9.59 Å². The van der Waals surface area contributed by atoms with Crippen molar-refractivity contribution in [1.29, 1.82) is 0 Å². The van der Waals surface area contributed by atoms with E-state index in [1.165, 1.54) is 0 Å². The number of carbonyl (C=O) groups excluding carboxylic acids is 2. The van der Waals surface area contributed by atoms with Gasteiger partial charge in [-0.05, 0) is 81.1 Å². The fraction of sp³-hybridized carbons (Fsp3) is 0.225. The van der Waals surface area contributed by atoms with Crippen molar-refractivity contribution in [3.63, 3.8) is 0 Å². The summed E-state index contributed by atoms with van der Waals surface area (Å²) in [5.41, 5.74) is 6.93. The van der Waals surface area contributed by atoms with Crippen LogP contribution in [0.5, 0.6) is 5.75 Å². The first-order valence-corrected chi connectivity index (χ1v) is 16.4. The van der Waals surface area contributed by atoms with Crippen LogP contribution in [-0.4, -0.2) is 51.8 Å². The molecule has 5 aromatic rings. The molecule has 6 rings (SSSR count). The van der Waals surface area contributed by atoms with Crippen molar-refractivity contribution in [3.8, 4) is 23.3 Å². The molecule has 0 saturated carbocycles. The van der Waals surface area contributed by atoms with Gasteiger partial charge >= 0.3 is 11.9 Å². The van der Waals surface area contributed by atoms with Crippen LogP contribution in [0.3, 0.4) is 0 Å². The molecule has 0 amide bonds. The zero-order chi connectivity index (χ0) is 35.0. The summed E-state index contributed by atoms with van der Waals surface area (Å²) in [4.78, 5) is 40.6. The van der Waals surface area contributed by atoms with Gasteiger partial charge in [-0.1, -0.05) is 42.2 Å². The van der Waals surface area contributed by atoms with Gasteiger partial charge in [-0.15, -0.1) is 0 Å². The molecule has 2 aromatic carbocycles. The molecule has 10 nitrogen and oxygen atoms in total. The lowest BCUT2D eigenvalue weighted by atomic mass is 9.80. The van der Waals surface area contributed by atoms with Crippen LogP contribution in [0, 0.1) is 24.7 Å². The number of ether oxygens (including phenoxy) is 3. The molecule has 10 heteroatoms. The fourth-order valence-electron chi connectivity index (χ4n) is 6.29. The predicted octanol–water partition coefficient (Wildman–Crippen LogP) is 6.13. The highest BCUT2D eigenvalue weighted by Crippen LogP contribution is 2.39. The number of aryl methyl sites for hydroxylation is 2. The standard InChI is InChI=1S/C40H37N5O5/c1-5-49-40(47)37-32(19-16-29-12-6-7-13-35(29)48-4)36(39(46)50-23-9-11-28-10-8-21-41-24-28)26(2)43-38(37)30-14-17-31(18-15-30)45-27(3)44-33-25-42-22-20-34(33)45/h6-8,10,12-15,17-18,20-22,24-25,32,43H,5,16,19,23H2,1-4H3. The number of hydrogen-bond donors (Lipinski definition) is 1. The van der Waals surface area contributed by atoms with Crippen molar-refractivity contribution in [2.75, 3.05) is 20.3 Å². The van der Waals surface area contributed by atoms with Crippen LogP contribution in [0.15, 0.2) is 108 Å². The van der Waals surface area contributed by atoms with Gasteiger partial charge in [0, 0.05) is 41.5 Å². The van der Waals surface area contributed by atoms with E-state index in [0.29, 0.717) is 40.9 Å². The van der Waals surface area contributed by atoms with E-state index in [4.69, 9.17) is 14.2 Å². The molecule has 1 aliphatic rings. The van der Waals surface area contributed by atoms with Crippen LogP contribution in [0.4, 0.5) is 0 Å². The first kappa shape index (κ1) is 33.7. The molecule has 1 unspecified atom stereocenters. The number of dihydropyridines is 1. The minimum atomic E-state index is -0.652. The summed E-state index contributed by atoms with van der Waals surface area (Å²) in [5.74, 6) is 5.68. The summed E-state index contributed by atoms with van der Waals surface area (Å²) in [5, 5.41) is 3.38. The summed E-state index contributed by atoms with van der Waals surface area (Å²) in [6.07, 6.45) is 7.73. The third-order valence-electron chi connectivity index (χ3n) is 8.50. The number of benzene rings is 2. The summed E-state index contributed by atoms with van der Waals surface area (Å²) in [7, 11) is 1.62. The highest BCUT2D eigenvalue weighted by molar-refractivity contribution is 6.03. The molecule has 1 N–H and O–H groups in total. The Labute approximate surface area is 290 Å². The number of fused-ring (bicyclic) bond motifs is 1. The maximum atomic E-state index is 13.9. The van der Waals surface area contributed by atoms with Crippen molar-refractivity contribution in [2.45, 2.75) is 33.6 Å². The van der Waals surface area contributed by atoms with Gasteiger partial charge in [0.15, 0.2) is 6.61 Å². The molecule has 1 atom stereocenters. The van der Waals surface area contributed by atoms with Crippen LogP contribution in [0.25, 0.3) is 22.4 Å². The number of rotatable bonds is 10. The second kappa shape index (κ2) is 15.3. The van der Waals surface area contributed by atoms with E-state index in [1.807, 2.05) is 74.5 Å². The van der Waals surface area contributed by atoms with Crippen LogP contribution < -0.4 is 10.1 Å². The number of nitrogens with one attached hydrogen (secondary N) is 1. The van der Waals surface area contributed by atoms with Crippen LogP contribution in [-0.2, 0) is 25.5 Å². The number of para-hydroxylation sites is 1. The highest BCUT2D eigenvalue weighted by Gasteiger charge is 2.38. The van der Waals surface area contributed by atoms with Crippen molar-refractivity contribution >= 4 is 28.7 Å². The van der Waals surface area contributed by atoms with E-state index < -0.39 is 17.9 Å². The molecule has 0 aliphatic carbocycles. The third-order valence-corrected chi connectivity index (χ3v) is 8.50. The summed E-state index contributed by atoms with van der Waals surface area (Å²) < 4.78 is 19.0. The summed E-state index contributed by atoms with van der Waals surface area (Å²) in [6.45, 7) is 5.57. The van der Waals surface area contributed by atoms with Crippen molar-refractivity contribution in [3.05, 3.63) is 131 Å². The predicted molar refractivity (Wildman–Crippen MR) is 190 cm³/mol. The Morgan fingerprint density at radius 3 is 2.44 bits per heavy atom. The quantitative estimate of drug-likeness (QED) is 0.139. The molecule has 0 spiro atoms. The SMILES string of the molecule is CCOC(=O)C1=C(c2ccc(-n3c(C)nc4cnccc43)cc2)NC(C)=C(C(=O)OCC#Cc2cccnc2)C1CCc1ccccc1OC. The second-order valence-corrected chi connectivity index (χ2v) is 11.6. The first-order chi connectivity index (χ1) is 24.4. The second-order valence-electron chi connectivity index (χ2n) is 11.6. The fourth-order valence-corrected chi connectivity index (χ4v) is 6.29. The van der Waals surface area contributed by atoms with Crippen LogP contribution in [0.2, 0.25) is 0 Å². The van der Waals surface area contributed by atoms with Crippen LogP contribution >= 0.6 is 0 Å². The lowest BCUT2D eigenvalue weighted by Crippen LogP contribution is -2.34. The number of imidazole rings is 1. The summed E-state index contributed by atoms with van der Waals surface area (Å²) >= 11 is 0. The normalized spacial score (nSPS) is 14.1. The monoisotopic (exact) mass is 667 g/mol. The maximum absolute atomic E-state index is 13.9. The molecule has 0 saturated heterocycles. The minimum Gasteiger partial charge on any atom is -0.496 e. The highest BCUT2D eigenvalue weighted by atomic mass is 16.5. The largest absolute Gasteiger partial charge is 0.496 e. The Kier molecular flexibility index (Phi) is 10.3. The lowest BCUT2D eigenvalue weighted by molar-refractivity contribution is -0.139.